The maximum absolute atomic E-state index is 14.6. The van der Waals surface area contributed by atoms with Gasteiger partial charge >= 0.3 is 0 Å². The van der Waals surface area contributed by atoms with E-state index in [1.54, 1.807) is 26.3 Å². The van der Waals surface area contributed by atoms with Gasteiger partial charge in [0, 0.05) is 37.5 Å². The number of halogens is 1. The average Bonchev–Trinajstić information content (AvgIpc) is 3.59. The molecule has 316 valence electrons. The Balaban J connectivity index is 1.17. The number of alkyl halides is 1. The molecule has 13 nitrogen and oxygen atoms in total. The largest absolute Gasteiger partial charge is 0.493 e. The molecule has 3 aromatic rings. The number of nitrogens with zero attached hydrogens (tertiary/aromatic N) is 2. The number of aryl methyl sites for hydroxylation is 2. The molecular formula is C43H59FN6O7S. The molecule has 5 atom stereocenters. The van der Waals surface area contributed by atoms with E-state index in [0.717, 1.165) is 46.5 Å². The zero-order chi connectivity index (χ0) is 42.2. The fourth-order valence-electron chi connectivity index (χ4n) is 6.88. The van der Waals surface area contributed by atoms with Crippen molar-refractivity contribution in [1.82, 2.24) is 20.5 Å². The number of unbranched alkanes of at least 4 members (excludes halogenated alkanes) is 1. The van der Waals surface area contributed by atoms with Crippen LogP contribution in [0.1, 0.15) is 95.0 Å². The molecule has 58 heavy (non-hydrogen) atoms. The first kappa shape index (κ1) is 44.7. The number of hydrogen-bond acceptors (Lipinski definition) is 10. The number of aliphatic hydroxyl groups excluding tert-OH is 1. The number of carbonyl (C=O) groups excluding carboxylic acids is 4. The smallest absolute Gasteiger partial charge is 0.258 e. The second kappa shape index (κ2) is 19.5. The number of nitrogens with one attached hydrogen (secondary N) is 2. The predicted octanol–water partition coefficient (Wildman–Crippen LogP) is 4.63. The number of hydrogen-bond donors (Lipinski definition) is 5. The van der Waals surface area contributed by atoms with Gasteiger partial charge in [0.2, 0.25) is 17.7 Å². The molecule has 7 N–H and O–H groups in total. The topological polar surface area (TPSA) is 199 Å². The van der Waals surface area contributed by atoms with E-state index in [9.17, 15) is 28.7 Å². The van der Waals surface area contributed by atoms with Crippen LogP contribution in [-0.4, -0.2) is 87.8 Å². The molecule has 4 amide bonds. The normalized spacial score (nSPS) is 18.9. The number of primary amides is 1. The van der Waals surface area contributed by atoms with E-state index in [1.807, 2.05) is 44.2 Å². The summed E-state index contributed by atoms with van der Waals surface area (Å²) < 4.78 is 26.9. The second-order valence-electron chi connectivity index (χ2n) is 16.7. The summed E-state index contributed by atoms with van der Waals surface area (Å²) in [6, 6.07) is 11.8. The molecule has 2 fully saturated rings. The van der Waals surface area contributed by atoms with E-state index >= 15 is 0 Å². The van der Waals surface area contributed by atoms with Gasteiger partial charge in [-0.3, -0.25) is 19.2 Å². The lowest BCUT2D eigenvalue weighted by molar-refractivity contribution is -0.145. The average molecular weight is 823 g/mol. The number of likely N-dealkylation sites (tertiary alicyclic amines) is 1. The molecule has 2 heterocycles. The van der Waals surface area contributed by atoms with E-state index in [1.165, 1.54) is 21.8 Å². The van der Waals surface area contributed by atoms with Crippen molar-refractivity contribution >= 4 is 35.0 Å². The lowest BCUT2D eigenvalue weighted by Gasteiger charge is -2.35. The number of aliphatic hydroxyl groups is 1. The van der Waals surface area contributed by atoms with Crippen molar-refractivity contribution < 1.29 is 38.1 Å². The third kappa shape index (κ3) is 12.1. The molecule has 2 aliphatic rings. The summed E-state index contributed by atoms with van der Waals surface area (Å²) in [5.74, 6) is -1.56. The zero-order valence-corrected chi connectivity index (χ0v) is 35.0. The molecule has 1 saturated heterocycles. The summed E-state index contributed by atoms with van der Waals surface area (Å²) in [7, 11) is 0. The van der Waals surface area contributed by atoms with Gasteiger partial charge in [-0.05, 0) is 80.5 Å². The number of nitrogens with two attached hydrogens (primary N) is 2. The van der Waals surface area contributed by atoms with Gasteiger partial charge in [0.15, 0.2) is 5.67 Å². The molecule has 1 saturated carbocycles. The van der Waals surface area contributed by atoms with Crippen molar-refractivity contribution in [1.29, 1.82) is 0 Å². The predicted molar refractivity (Wildman–Crippen MR) is 220 cm³/mol. The van der Waals surface area contributed by atoms with Crippen LogP contribution < -0.4 is 26.8 Å². The number of amides is 4. The van der Waals surface area contributed by atoms with Crippen LogP contribution in [0, 0.1) is 12.3 Å². The van der Waals surface area contributed by atoms with Gasteiger partial charge in [0.1, 0.15) is 17.8 Å². The Morgan fingerprint density at radius 2 is 1.81 bits per heavy atom. The third-order valence-electron chi connectivity index (χ3n) is 10.9. The van der Waals surface area contributed by atoms with Crippen LogP contribution in [-0.2, 0) is 43.5 Å². The number of carbonyl (C=O) groups is 4. The van der Waals surface area contributed by atoms with Crippen LogP contribution in [0.5, 0.6) is 5.75 Å². The van der Waals surface area contributed by atoms with Gasteiger partial charge in [-0.2, -0.15) is 0 Å². The SMILES string of the molecule is Cc1ncsc1-c1ccc(CNC(=O)[C@@H]2C[C@@H](O)CN2C(=O)[C@@H](NC(=O)C2(F)CC2)C(C)(C)C)c(OCCCCc2ccc(CO[C@H](C)[C@@H](N)CCC(N)=O)cc2)c1. The number of rotatable bonds is 20. The van der Waals surface area contributed by atoms with E-state index in [4.69, 9.17) is 20.9 Å². The highest BCUT2D eigenvalue weighted by atomic mass is 32.1. The molecule has 0 unspecified atom stereocenters. The Labute approximate surface area is 344 Å². The summed E-state index contributed by atoms with van der Waals surface area (Å²) in [4.78, 5) is 58.0. The fraction of sp³-hybridized carbons (Fsp3) is 0.558. The van der Waals surface area contributed by atoms with Crippen LogP contribution in [0.3, 0.4) is 0 Å². The van der Waals surface area contributed by atoms with Crippen LogP contribution in [0.25, 0.3) is 10.4 Å². The van der Waals surface area contributed by atoms with Gasteiger partial charge in [-0.15, -0.1) is 11.3 Å². The monoisotopic (exact) mass is 822 g/mol. The van der Waals surface area contributed by atoms with Crippen molar-refractivity contribution in [2.75, 3.05) is 13.2 Å². The Kier molecular flexibility index (Phi) is 15.0. The van der Waals surface area contributed by atoms with Crippen LogP contribution in [0.4, 0.5) is 4.39 Å². The van der Waals surface area contributed by atoms with E-state index < -0.39 is 47.0 Å². The number of β-amino-alcohol motifs (C(OH)–C–C–N with tert-alkyl or cyclic N) is 1. The van der Waals surface area contributed by atoms with Gasteiger partial charge in [-0.25, -0.2) is 9.37 Å². The van der Waals surface area contributed by atoms with Crippen molar-refractivity contribution in [2.45, 2.75) is 135 Å². The molecule has 0 bridgehead atoms. The molecule has 1 aliphatic heterocycles. The minimum absolute atomic E-state index is 0.0342. The Hall–Kier alpha value is -4.44. The summed E-state index contributed by atoms with van der Waals surface area (Å²) in [6.45, 7) is 10.0. The van der Waals surface area contributed by atoms with Gasteiger partial charge in [0.25, 0.3) is 5.91 Å². The molecule has 1 aliphatic carbocycles. The Morgan fingerprint density at radius 3 is 2.45 bits per heavy atom. The summed E-state index contributed by atoms with van der Waals surface area (Å²) in [5, 5.41) is 16.1. The lowest BCUT2D eigenvalue weighted by atomic mass is 9.85. The van der Waals surface area contributed by atoms with Crippen LogP contribution >= 0.6 is 11.3 Å². The minimum atomic E-state index is -1.96. The number of thiazole rings is 1. The maximum atomic E-state index is 14.6. The number of aromatic nitrogens is 1. The van der Waals surface area contributed by atoms with Crippen LogP contribution in [0.2, 0.25) is 0 Å². The molecule has 0 radical (unpaired) electrons. The van der Waals surface area contributed by atoms with Gasteiger partial charge < -0.3 is 41.6 Å². The van der Waals surface area contributed by atoms with Crippen molar-refractivity contribution in [3.63, 3.8) is 0 Å². The first-order valence-corrected chi connectivity index (χ1v) is 21.0. The number of ether oxygens (including phenoxy) is 2. The second-order valence-corrected chi connectivity index (χ2v) is 17.6. The highest BCUT2D eigenvalue weighted by molar-refractivity contribution is 7.13. The van der Waals surface area contributed by atoms with E-state index in [0.29, 0.717) is 25.4 Å². The number of benzene rings is 2. The quantitative estimate of drug-likeness (QED) is 0.101. The summed E-state index contributed by atoms with van der Waals surface area (Å²) >= 11 is 1.53. The summed E-state index contributed by atoms with van der Waals surface area (Å²) in [5.41, 5.74) is 15.2. The molecule has 0 spiro atoms. The minimum Gasteiger partial charge on any atom is -0.493 e. The lowest BCUT2D eigenvalue weighted by Crippen LogP contribution is -2.59. The molecular weight excluding hydrogens is 764 g/mol. The van der Waals surface area contributed by atoms with Gasteiger partial charge in [0.05, 0.1) is 41.5 Å². The summed E-state index contributed by atoms with van der Waals surface area (Å²) in [6.07, 6.45) is 2.36. The fourth-order valence-corrected chi connectivity index (χ4v) is 7.69. The molecule has 5 rings (SSSR count). The first-order chi connectivity index (χ1) is 27.4. The van der Waals surface area contributed by atoms with Crippen molar-refractivity contribution in [2.24, 2.45) is 16.9 Å². The van der Waals surface area contributed by atoms with E-state index in [2.05, 4.69) is 27.8 Å². The Morgan fingerprint density at radius 1 is 1.10 bits per heavy atom. The Bertz CT molecular complexity index is 1900. The molecule has 1 aromatic heterocycles. The standard InChI is InChI=1S/C43H59FN6O7S/c1-26-37(58-25-48-26)30-13-14-31(22-47-39(53)34-21-32(51)23-50(34)40(54)38(42(3,4)5)49-41(55)43(44)17-18-43)35(20-30)56-19-7-6-8-28-9-11-29(12-10-28)24-57-27(2)33(45)15-16-36(46)52/h9-14,20,25,27,32-34,38,51H,6-8,15-19,21-24,45H2,1-5H3,(H2,46,52)(H,47,53)(H,49,55)/t27-,32-,33+,34+,38-/m1/s1. The highest BCUT2D eigenvalue weighted by Crippen LogP contribution is 2.40. The van der Waals surface area contributed by atoms with Crippen molar-refractivity contribution in [3.8, 4) is 16.2 Å². The van der Waals surface area contributed by atoms with E-state index in [-0.39, 0.29) is 56.8 Å². The van der Waals surface area contributed by atoms with Crippen LogP contribution in [0.15, 0.2) is 48.0 Å². The third-order valence-corrected chi connectivity index (χ3v) is 11.8. The molecule has 15 heteroatoms. The van der Waals surface area contributed by atoms with Crippen molar-refractivity contribution in [3.05, 3.63) is 70.4 Å². The maximum Gasteiger partial charge on any atom is 0.258 e. The van der Waals surface area contributed by atoms with Gasteiger partial charge in [-0.1, -0.05) is 57.2 Å². The first-order valence-electron chi connectivity index (χ1n) is 20.1. The zero-order valence-electron chi connectivity index (χ0n) is 34.2. The highest BCUT2D eigenvalue weighted by Gasteiger charge is 2.53. The molecule has 2 aromatic carbocycles.